The zero-order valence-electron chi connectivity index (χ0n) is 11.1. The Kier molecular flexibility index (Phi) is 3.85. The van der Waals surface area contributed by atoms with Crippen LogP contribution >= 0.6 is 0 Å². The Morgan fingerprint density at radius 1 is 1.47 bits per heavy atom. The summed E-state index contributed by atoms with van der Waals surface area (Å²) in [7, 11) is 0. The molecule has 1 aromatic heterocycles. The first-order valence-corrected chi connectivity index (χ1v) is 6.23. The van der Waals surface area contributed by atoms with E-state index in [2.05, 4.69) is 10.4 Å². The summed E-state index contributed by atoms with van der Waals surface area (Å²) in [5.74, 6) is -0.0751. The lowest BCUT2D eigenvalue weighted by Gasteiger charge is -2.05. The fourth-order valence-electron chi connectivity index (χ4n) is 1.78. The SMILES string of the molecule is CC(C)n1cc(NC(=O)Cc2cccc(N)c2)cn1. The molecule has 0 saturated heterocycles. The molecule has 1 heterocycles. The van der Waals surface area contributed by atoms with E-state index >= 15 is 0 Å². The number of carbonyl (C=O) groups excluding carboxylic acids is 1. The van der Waals surface area contributed by atoms with Crippen LogP contribution in [0.3, 0.4) is 0 Å². The van der Waals surface area contributed by atoms with E-state index < -0.39 is 0 Å². The van der Waals surface area contributed by atoms with E-state index in [4.69, 9.17) is 5.73 Å². The van der Waals surface area contributed by atoms with Gasteiger partial charge in [0.05, 0.1) is 18.3 Å². The van der Waals surface area contributed by atoms with Crippen LogP contribution in [0.25, 0.3) is 0 Å². The van der Waals surface area contributed by atoms with Gasteiger partial charge in [0, 0.05) is 17.9 Å². The summed E-state index contributed by atoms with van der Waals surface area (Å²) in [6.45, 7) is 4.07. The van der Waals surface area contributed by atoms with Gasteiger partial charge in [-0.05, 0) is 31.5 Å². The van der Waals surface area contributed by atoms with Crippen LogP contribution < -0.4 is 11.1 Å². The Morgan fingerprint density at radius 2 is 2.26 bits per heavy atom. The number of carbonyl (C=O) groups is 1. The normalized spacial score (nSPS) is 10.7. The molecule has 5 heteroatoms. The van der Waals surface area contributed by atoms with Crippen molar-refractivity contribution in [2.45, 2.75) is 26.3 Å². The molecular weight excluding hydrogens is 240 g/mol. The molecule has 2 rings (SSSR count). The van der Waals surface area contributed by atoms with Gasteiger partial charge < -0.3 is 11.1 Å². The van der Waals surface area contributed by atoms with Crippen LogP contribution in [-0.4, -0.2) is 15.7 Å². The summed E-state index contributed by atoms with van der Waals surface area (Å²) in [5, 5.41) is 6.99. The van der Waals surface area contributed by atoms with Gasteiger partial charge >= 0.3 is 0 Å². The van der Waals surface area contributed by atoms with Crippen molar-refractivity contribution >= 4 is 17.3 Å². The van der Waals surface area contributed by atoms with Gasteiger partial charge in [0.25, 0.3) is 0 Å². The molecule has 100 valence electrons. The molecule has 0 atom stereocenters. The average molecular weight is 258 g/mol. The highest BCUT2D eigenvalue weighted by Crippen LogP contribution is 2.12. The van der Waals surface area contributed by atoms with E-state index in [-0.39, 0.29) is 11.9 Å². The van der Waals surface area contributed by atoms with Crippen molar-refractivity contribution in [1.82, 2.24) is 9.78 Å². The van der Waals surface area contributed by atoms with Gasteiger partial charge in [0.15, 0.2) is 0 Å². The molecule has 0 saturated carbocycles. The fourth-order valence-corrected chi connectivity index (χ4v) is 1.78. The van der Waals surface area contributed by atoms with Crippen LogP contribution in [0.5, 0.6) is 0 Å². The third kappa shape index (κ3) is 3.58. The third-order valence-corrected chi connectivity index (χ3v) is 2.73. The van der Waals surface area contributed by atoms with Gasteiger partial charge in [0.1, 0.15) is 0 Å². The maximum absolute atomic E-state index is 11.9. The first-order chi connectivity index (χ1) is 9.04. The Bertz CT molecular complexity index is 574. The van der Waals surface area contributed by atoms with Crippen molar-refractivity contribution in [2.75, 3.05) is 11.1 Å². The van der Waals surface area contributed by atoms with Gasteiger partial charge in [-0.15, -0.1) is 0 Å². The van der Waals surface area contributed by atoms with Gasteiger partial charge in [-0.3, -0.25) is 9.48 Å². The van der Waals surface area contributed by atoms with Gasteiger partial charge in [0.2, 0.25) is 5.91 Å². The Labute approximate surface area is 112 Å². The minimum atomic E-state index is -0.0751. The van der Waals surface area contributed by atoms with Crippen molar-refractivity contribution in [2.24, 2.45) is 0 Å². The monoisotopic (exact) mass is 258 g/mol. The first kappa shape index (κ1) is 13.1. The van der Waals surface area contributed by atoms with Gasteiger partial charge in [-0.1, -0.05) is 12.1 Å². The van der Waals surface area contributed by atoms with Crippen LogP contribution in [0.4, 0.5) is 11.4 Å². The summed E-state index contributed by atoms with van der Waals surface area (Å²) >= 11 is 0. The van der Waals surface area contributed by atoms with Crippen molar-refractivity contribution in [1.29, 1.82) is 0 Å². The van der Waals surface area contributed by atoms with Gasteiger partial charge in [-0.2, -0.15) is 5.10 Å². The zero-order valence-corrected chi connectivity index (χ0v) is 11.1. The van der Waals surface area contributed by atoms with E-state index in [9.17, 15) is 4.79 Å². The second-order valence-corrected chi connectivity index (χ2v) is 4.77. The van der Waals surface area contributed by atoms with E-state index in [1.165, 1.54) is 0 Å². The fraction of sp³-hybridized carbons (Fsp3) is 0.286. The number of hydrogen-bond acceptors (Lipinski definition) is 3. The molecule has 1 amide bonds. The molecule has 3 N–H and O–H groups in total. The molecule has 19 heavy (non-hydrogen) atoms. The number of rotatable bonds is 4. The summed E-state index contributed by atoms with van der Waals surface area (Å²) in [6, 6.07) is 7.60. The minimum Gasteiger partial charge on any atom is -0.399 e. The molecule has 0 aliphatic heterocycles. The second kappa shape index (κ2) is 5.56. The Balaban J connectivity index is 1.97. The number of nitrogens with zero attached hydrogens (tertiary/aromatic N) is 2. The highest BCUT2D eigenvalue weighted by atomic mass is 16.1. The summed E-state index contributed by atoms with van der Waals surface area (Å²) < 4.78 is 1.80. The van der Waals surface area contributed by atoms with Crippen LogP contribution in [0.15, 0.2) is 36.7 Å². The molecule has 0 radical (unpaired) electrons. The number of nitrogens with two attached hydrogens (primary N) is 1. The van der Waals surface area contributed by atoms with Crippen LogP contribution in [-0.2, 0) is 11.2 Å². The number of nitrogens with one attached hydrogen (secondary N) is 1. The lowest BCUT2D eigenvalue weighted by atomic mass is 10.1. The average Bonchev–Trinajstić information content (AvgIpc) is 2.77. The first-order valence-electron chi connectivity index (χ1n) is 6.23. The van der Waals surface area contributed by atoms with Crippen molar-refractivity contribution in [3.8, 4) is 0 Å². The molecular formula is C14H18N4O. The van der Waals surface area contributed by atoms with E-state index in [0.29, 0.717) is 17.8 Å². The molecule has 0 aliphatic rings. The number of benzene rings is 1. The molecule has 2 aromatic rings. The quantitative estimate of drug-likeness (QED) is 0.826. The molecule has 0 fully saturated rings. The highest BCUT2D eigenvalue weighted by molar-refractivity contribution is 5.92. The van der Waals surface area contributed by atoms with Crippen LogP contribution in [0.2, 0.25) is 0 Å². The summed E-state index contributed by atoms with van der Waals surface area (Å²) in [5.41, 5.74) is 7.95. The number of amides is 1. The lowest BCUT2D eigenvalue weighted by molar-refractivity contribution is -0.115. The number of anilines is 2. The van der Waals surface area contributed by atoms with Crippen LogP contribution in [0, 0.1) is 0 Å². The van der Waals surface area contributed by atoms with E-state index in [1.807, 2.05) is 32.2 Å². The topological polar surface area (TPSA) is 72.9 Å². The zero-order chi connectivity index (χ0) is 13.8. The predicted molar refractivity (Wildman–Crippen MR) is 75.8 cm³/mol. The molecule has 1 aromatic carbocycles. The van der Waals surface area contributed by atoms with Crippen molar-refractivity contribution < 1.29 is 4.79 Å². The maximum atomic E-state index is 11.9. The lowest BCUT2D eigenvalue weighted by Crippen LogP contribution is -2.14. The van der Waals surface area contributed by atoms with E-state index in [1.54, 1.807) is 23.0 Å². The largest absolute Gasteiger partial charge is 0.399 e. The molecule has 0 bridgehead atoms. The third-order valence-electron chi connectivity index (χ3n) is 2.73. The Morgan fingerprint density at radius 3 is 2.89 bits per heavy atom. The van der Waals surface area contributed by atoms with Crippen LogP contribution in [0.1, 0.15) is 25.5 Å². The summed E-state index contributed by atoms with van der Waals surface area (Å²) in [6.07, 6.45) is 3.77. The molecule has 5 nitrogen and oxygen atoms in total. The van der Waals surface area contributed by atoms with Crippen molar-refractivity contribution in [3.05, 3.63) is 42.2 Å². The second-order valence-electron chi connectivity index (χ2n) is 4.77. The summed E-state index contributed by atoms with van der Waals surface area (Å²) in [4.78, 5) is 11.9. The minimum absolute atomic E-state index is 0.0751. The smallest absolute Gasteiger partial charge is 0.228 e. The number of hydrogen-bond donors (Lipinski definition) is 2. The standard InChI is InChI=1S/C14H18N4O/c1-10(2)18-9-13(8-16-18)17-14(19)7-11-4-3-5-12(15)6-11/h3-6,8-10H,7,15H2,1-2H3,(H,17,19). The Hall–Kier alpha value is -2.30. The predicted octanol–water partition coefficient (Wildman–Crippen LogP) is 2.23. The molecule has 0 aliphatic carbocycles. The maximum Gasteiger partial charge on any atom is 0.228 e. The van der Waals surface area contributed by atoms with Crippen molar-refractivity contribution in [3.63, 3.8) is 0 Å². The number of aromatic nitrogens is 2. The number of nitrogen functional groups attached to an aromatic ring is 1. The molecule has 0 unspecified atom stereocenters. The van der Waals surface area contributed by atoms with E-state index in [0.717, 1.165) is 5.56 Å². The van der Waals surface area contributed by atoms with Gasteiger partial charge in [-0.25, -0.2) is 0 Å². The highest BCUT2D eigenvalue weighted by Gasteiger charge is 2.07. The molecule has 0 spiro atoms.